The number of ether oxygens (including phenoxy) is 2. The Labute approximate surface area is 151 Å². The van der Waals surface area contributed by atoms with Gasteiger partial charge in [0.25, 0.3) is 0 Å². The van der Waals surface area contributed by atoms with Crippen molar-refractivity contribution >= 4 is 12.3 Å². The highest BCUT2D eigenvalue weighted by molar-refractivity contribution is 5.86. The van der Waals surface area contributed by atoms with E-state index < -0.39 is 0 Å². The highest BCUT2D eigenvalue weighted by Gasteiger charge is 2.01. The van der Waals surface area contributed by atoms with Crippen LogP contribution in [0.3, 0.4) is 0 Å². The molecule has 0 bridgehead atoms. The van der Waals surface area contributed by atoms with Crippen molar-refractivity contribution in [2.75, 3.05) is 13.2 Å². The quantitative estimate of drug-likeness (QED) is 0.203. The second-order valence-corrected chi connectivity index (χ2v) is 6.28. The maximum atomic E-state index is 11.2. The van der Waals surface area contributed by atoms with Gasteiger partial charge in [-0.3, -0.25) is 4.79 Å². The van der Waals surface area contributed by atoms with Crippen molar-refractivity contribution in [3.63, 3.8) is 0 Å². The standard InChI is InChI=1S/C21H30O4/c1-18(2)21(23)25-16-10-8-6-4-3-5-7-9-15-24-20-13-11-19(17-22)12-14-20/h11-14,17H,1,3-10,15-16H2,2H3. The predicted octanol–water partition coefficient (Wildman–Crippen LogP) is 5.12. The maximum absolute atomic E-state index is 11.2. The van der Waals surface area contributed by atoms with E-state index in [0.717, 1.165) is 31.3 Å². The molecule has 138 valence electrons. The van der Waals surface area contributed by atoms with Crippen molar-refractivity contribution in [1.29, 1.82) is 0 Å². The van der Waals surface area contributed by atoms with Crippen LogP contribution in [0.4, 0.5) is 0 Å². The van der Waals surface area contributed by atoms with Gasteiger partial charge in [0, 0.05) is 11.1 Å². The third-order valence-corrected chi connectivity index (χ3v) is 3.91. The van der Waals surface area contributed by atoms with Gasteiger partial charge >= 0.3 is 5.97 Å². The van der Waals surface area contributed by atoms with Gasteiger partial charge in [0.05, 0.1) is 13.2 Å². The van der Waals surface area contributed by atoms with Crippen LogP contribution in [0.15, 0.2) is 36.4 Å². The van der Waals surface area contributed by atoms with Gasteiger partial charge in [0.1, 0.15) is 12.0 Å². The molecule has 0 aliphatic rings. The minimum absolute atomic E-state index is 0.290. The van der Waals surface area contributed by atoms with E-state index in [1.807, 2.05) is 12.1 Å². The molecule has 0 radical (unpaired) electrons. The first-order chi connectivity index (χ1) is 12.1. The second kappa shape index (κ2) is 13.2. The summed E-state index contributed by atoms with van der Waals surface area (Å²) in [4.78, 5) is 21.7. The molecule has 1 rings (SSSR count). The molecule has 0 aliphatic heterocycles. The molecule has 0 spiro atoms. The molecular formula is C21H30O4. The largest absolute Gasteiger partial charge is 0.494 e. The SMILES string of the molecule is C=C(C)C(=O)OCCCCCCCCCCOc1ccc(C=O)cc1. The van der Waals surface area contributed by atoms with Crippen molar-refractivity contribution < 1.29 is 19.1 Å². The molecule has 1 aromatic carbocycles. The topological polar surface area (TPSA) is 52.6 Å². The first-order valence-electron chi connectivity index (χ1n) is 9.14. The van der Waals surface area contributed by atoms with Gasteiger partial charge in [-0.2, -0.15) is 0 Å². The van der Waals surface area contributed by atoms with Gasteiger partial charge in [-0.05, 0) is 44.0 Å². The summed E-state index contributed by atoms with van der Waals surface area (Å²) in [5.41, 5.74) is 1.13. The molecule has 0 fully saturated rings. The van der Waals surface area contributed by atoms with E-state index in [4.69, 9.17) is 9.47 Å². The number of rotatable bonds is 14. The molecule has 0 unspecified atom stereocenters. The average Bonchev–Trinajstić information content (AvgIpc) is 2.62. The summed E-state index contributed by atoms with van der Waals surface area (Å²) in [6.07, 6.45) is 9.94. The molecule has 0 amide bonds. The lowest BCUT2D eigenvalue weighted by Gasteiger charge is -2.06. The number of unbranched alkanes of at least 4 members (excludes halogenated alkanes) is 7. The van der Waals surface area contributed by atoms with Gasteiger partial charge in [0.2, 0.25) is 0 Å². The Hall–Kier alpha value is -2.10. The zero-order valence-electron chi connectivity index (χ0n) is 15.3. The fourth-order valence-corrected chi connectivity index (χ4v) is 2.39. The van der Waals surface area contributed by atoms with Crippen molar-refractivity contribution in [1.82, 2.24) is 0 Å². The lowest BCUT2D eigenvalue weighted by Crippen LogP contribution is -2.05. The van der Waals surface area contributed by atoms with Crippen LogP contribution in [-0.2, 0) is 9.53 Å². The van der Waals surface area contributed by atoms with Crippen LogP contribution < -0.4 is 4.74 Å². The molecule has 0 aromatic heterocycles. The van der Waals surface area contributed by atoms with E-state index in [1.54, 1.807) is 19.1 Å². The molecule has 25 heavy (non-hydrogen) atoms. The Morgan fingerprint density at radius 3 is 1.96 bits per heavy atom. The summed E-state index contributed by atoms with van der Waals surface area (Å²) < 4.78 is 10.7. The Morgan fingerprint density at radius 1 is 0.920 bits per heavy atom. The van der Waals surface area contributed by atoms with Gasteiger partial charge < -0.3 is 9.47 Å². The summed E-state index contributed by atoms with van der Waals surface area (Å²) in [7, 11) is 0. The second-order valence-electron chi connectivity index (χ2n) is 6.28. The van der Waals surface area contributed by atoms with Crippen molar-refractivity contribution in [2.24, 2.45) is 0 Å². The number of benzene rings is 1. The monoisotopic (exact) mass is 346 g/mol. The normalized spacial score (nSPS) is 10.3. The summed E-state index contributed by atoms with van der Waals surface area (Å²) in [5.74, 6) is 0.528. The van der Waals surface area contributed by atoms with Gasteiger partial charge in [-0.1, -0.05) is 45.1 Å². The molecule has 0 saturated heterocycles. The zero-order valence-corrected chi connectivity index (χ0v) is 15.3. The van der Waals surface area contributed by atoms with Crippen LogP contribution in [0.25, 0.3) is 0 Å². The van der Waals surface area contributed by atoms with Crippen molar-refractivity contribution in [3.05, 3.63) is 42.0 Å². The number of esters is 1. The van der Waals surface area contributed by atoms with Crippen LogP contribution in [-0.4, -0.2) is 25.5 Å². The third-order valence-electron chi connectivity index (χ3n) is 3.91. The third kappa shape index (κ3) is 10.4. The Morgan fingerprint density at radius 2 is 1.44 bits per heavy atom. The lowest BCUT2D eigenvalue weighted by molar-refractivity contribution is -0.139. The molecule has 0 saturated carbocycles. The van der Waals surface area contributed by atoms with Gasteiger partial charge in [0.15, 0.2) is 0 Å². The molecule has 0 aliphatic carbocycles. The summed E-state index contributed by atoms with van der Waals surface area (Å²) >= 11 is 0. The van der Waals surface area contributed by atoms with Crippen molar-refractivity contribution in [3.8, 4) is 5.75 Å². The molecule has 1 aromatic rings. The van der Waals surface area contributed by atoms with E-state index in [0.29, 0.717) is 24.4 Å². The van der Waals surface area contributed by atoms with E-state index in [1.165, 1.54) is 32.1 Å². The van der Waals surface area contributed by atoms with Gasteiger partial charge in [-0.15, -0.1) is 0 Å². The number of aldehydes is 1. The van der Waals surface area contributed by atoms with Crippen LogP contribution in [0.5, 0.6) is 5.75 Å². The first-order valence-corrected chi connectivity index (χ1v) is 9.14. The highest BCUT2D eigenvalue weighted by atomic mass is 16.5. The molecule has 4 heteroatoms. The molecule has 0 heterocycles. The van der Waals surface area contributed by atoms with E-state index in [9.17, 15) is 9.59 Å². The smallest absolute Gasteiger partial charge is 0.333 e. The first kappa shape index (κ1) is 20.9. The van der Waals surface area contributed by atoms with Gasteiger partial charge in [-0.25, -0.2) is 4.79 Å². The Bertz CT molecular complexity index is 519. The van der Waals surface area contributed by atoms with Crippen molar-refractivity contribution in [2.45, 2.75) is 58.3 Å². The van der Waals surface area contributed by atoms with E-state index >= 15 is 0 Å². The van der Waals surface area contributed by atoms with Crippen LogP contribution in [0.2, 0.25) is 0 Å². The minimum atomic E-state index is -0.290. The van der Waals surface area contributed by atoms with Crippen LogP contribution in [0, 0.1) is 0 Å². The molecule has 0 N–H and O–H groups in total. The molecule has 0 atom stereocenters. The molecule has 4 nitrogen and oxygen atoms in total. The lowest BCUT2D eigenvalue weighted by atomic mass is 10.1. The predicted molar refractivity (Wildman–Crippen MR) is 100 cm³/mol. The number of carbonyl (C=O) groups excluding carboxylic acids is 2. The average molecular weight is 346 g/mol. The zero-order chi connectivity index (χ0) is 18.3. The van der Waals surface area contributed by atoms with Crippen LogP contribution in [0.1, 0.15) is 68.6 Å². The Balaban J connectivity index is 1.86. The fourth-order valence-electron chi connectivity index (χ4n) is 2.39. The number of hydrogen-bond acceptors (Lipinski definition) is 4. The number of hydrogen-bond donors (Lipinski definition) is 0. The van der Waals surface area contributed by atoms with E-state index in [2.05, 4.69) is 6.58 Å². The summed E-state index contributed by atoms with van der Waals surface area (Å²) in [6.45, 7) is 6.43. The fraction of sp³-hybridized carbons (Fsp3) is 0.524. The summed E-state index contributed by atoms with van der Waals surface area (Å²) in [6, 6.07) is 7.19. The molecular weight excluding hydrogens is 316 g/mol. The Kier molecular flexibility index (Phi) is 11.1. The number of carbonyl (C=O) groups is 2. The minimum Gasteiger partial charge on any atom is -0.494 e. The summed E-state index contributed by atoms with van der Waals surface area (Å²) in [5, 5.41) is 0. The maximum Gasteiger partial charge on any atom is 0.333 e. The highest BCUT2D eigenvalue weighted by Crippen LogP contribution is 2.13. The van der Waals surface area contributed by atoms with E-state index in [-0.39, 0.29) is 5.97 Å². The van der Waals surface area contributed by atoms with Crippen LogP contribution >= 0.6 is 0 Å².